The highest BCUT2D eigenvalue weighted by atomic mass is 16.2. The number of benzene rings is 1. The summed E-state index contributed by atoms with van der Waals surface area (Å²) in [6.45, 7) is 7.43. The predicted octanol–water partition coefficient (Wildman–Crippen LogP) is 1.54. The van der Waals surface area contributed by atoms with Gasteiger partial charge in [0.05, 0.1) is 0 Å². The fraction of sp³-hybridized carbons (Fsp3) is 0.0769. The van der Waals surface area contributed by atoms with Gasteiger partial charge in [0.2, 0.25) is 0 Å². The van der Waals surface area contributed by atoms with Gasteiger partial charge in [0.25, 0.3) is 11.8 Å². The van der Waals surface area contributed by atoms with Crippen molar-refractivity contribution in [3.8, 4) is 0 Å². The number of piperidine rings is 1. The third-order valence-corrected chi connectivity index (χ3v) is 2.64. The van der Waals surface area contributed by atoms with E-state index in [9.17, 15) is 9.59 Å². The Labute approximate surface area is 93.5 Å². The molecule has 1 fully saturated rings. The lowest BCUT2D eigenvalue weighted by Crippen LogP contribution is -2.41. The molecule has 0 radical (unpaired) electrons. The number of amides is 2. The Balaban J connectivity index is 2.45. The Morgan fingerprint density at radius 1 is 0.938 bits per heavy atom. The van der Waals surface area contributed by atoms with Gasteiger partial charge in [-0.25, -0.2) is 0 Å². The van der Waals surface area contributed by atoms with Crippen molar-refractivity contribution in [3.63, 3.8) is 0 Å². The van der Waals surface area contributed by atoms with Gasteiger partial charge in [0, 0.05) is 17.1 Å². The quantitative estimate of drug-likeness (QED) is 0.568. The van der Waals surface area contributed by atoms with Crippen LogP contribution in [0.3, 0.4) is 0 Å². The van der Waals surface area contributed by atoms with Gasteiger partial charge in [-0.1, -0.05) is 43.5 Å². The van der Waals surface area contributed by atoms with E-state index in [1.54, 1.807) is 0 Å². The molecular weight excluding hydrogens is 202 g/mol. The highest BCUT2D eigenvalue weighted by Gasteiger charge is 2.33. The Morgan fingerprint density at radius 3 is 1.94 bits per heavy atom. The molecule has 0 aliphatic carbocycles. The topological polar surface area (TPSA) is 46.2 Å². The molecule has 2 amide bonds. The van der Waals surface area contributed by atoms with E-state index >= 15 is 0 Å². The van der Waals surface area contributed by atoms with Crippen molar-refractivity contribution in [2.24, 2.45) is 0 Å². The first-order valence-corrected chi connectivity index (χ1v) is 4.89. The Morgan fingerprint density at radius 2 is 1.44 bits per heavy atom. The van der Waals surface area contributed by atoms with E-state index in [0.717, 1.165) is 5.56 Å². The van der Waals surface area contributed by atoms with Gasteiger partial charge in [-0.3, -0.25) is 14.9 Å². The van der Waals surface area contributed by atoms with Crippen LogP contribution in [0.25, 0.3) is 0 Å². The van der Waals surface area contributed by atoms with Crippen LogP contribution in [0.1, 0.15) is 11.5 Å². The summed E-state index contributed by atoms with van der Waals surface area (Å²) in [6.07, 6.45) is 0. The zero-order valence-electron chi connectivity index (χ0n) is 8.69. The van der Waals surface area contributed by atoms with E-state index in [1.165, 1.54) is 0 Å². The lowest BCUT2D eigenvalue weighted by Gasteiger charge is -2.25. The highest BCUT2D eigenvalue weighted by molar-refractivity contribution is 6.15. The monoisotopic (exact) mass is 213 g/mol. The van der Waals surface area contributed by atoms with Crippen LogP contribution in [0.2, 0.25) is 0 Å². The molecule has 0 saturated carbocycles. The van der Waals surface area contributed by atoms with E-state index in [1.807, 2.05) is 30.3 Å². The van der Waals surface area contributed by atoms with Crippen molar-refractivity contribution >= 4 is 11.8 Å². The lowest BCUT2D eigenvalue weighted by molar-refractivity contribution is -0.127. The molecule has 0 spiro atoms. The maximum Gasteiger partial charge on any atom is 0.254 e. The molecule has 0 bridgehead atoms. The largest absolute Gasteiger partial charge is 0.289 e. The number of hydrogen-bond donors (Lipinski definition) is 1. The highest BCUT2D eigenvalue weighted by Crippen LogP contribution is 2.32. The normalized spacial score (nSPS) is 17.5. The fourth-order valence-corrected chi connectivity index (χ4v) is 1.78. The minimum atomic E-state index is -0.425. The lowest BCUT2D eigenvalue weighted by atomic mass is 9.83. The molecule has 3 nitrogen and oxygen atoms in total. The summed E-state index contributed by atoms with van der Waals surface area (Å²) in [4.78, 5) is 22.9. The van der Waals surface area contributed by atoms with Crippen LogP contribution in [0, 0.1) is 0 Å². The van der Waals surface area contributed by atoms with Crippen LogP contribution < -0.4 is 5.32 Å². The number of carbonyl (C=O) groups is 2. The van der Waals surface area contributed by atoms with Gasteiger partial charge < -0.3 is 0 Å². The van der Waals surface area contributed by atoms with Crippen molar-refractivity contribution in [1.29, 1.82) is 0 Å². The summed E-state index contributed by atoms with van der Waals surface area (Å²) in [7, 11) is 0. The van der Waals surface area contributed by atoms with Gasteiger partial charge in [0.1, 0.15) is 0 Å². The summed E-state index contributed by atoms with van der Waals surface area (Å²) in [6, 6.07) is 9.29. The van der Waals surface area contributed by atoms with Gasteiger partial charge in [0.15, 0.2) is 0 Å². The average molecular weight is 213 g/mol. The molecule has 1 aliphatic heterocycles. The van der Waals surface area contributed by atoms with Gasteiger partial charge in [-0.15, -0.1) is 0 Å². The maximum atomic E-state index is 11.5. The van der Waals surface area contributed by atoms with Crippen LogP contribution >= 0.6 is 0 Å². The van der Waals surface area contributed by atoms with Crippen molar-refractivity contribution in [2.75, 3.05) is 0 Å². The van der Waals surface area contributed by atoms with Crippen molar-refractivity contribution in [1.82, 2.24) is 5.32 Å². The molecular formula is C13H11NO2. The molecule has 1 aromatic carbocycles. The molecule has 0 atom stereocenters. The molecule has 2 rings (SSSR count). The standard InChI is InChI=1S/C13H11NO2/c1-8-11(10-6-4-3-5-7-10)9(2)13(16)14-12(8)15/h3-7,11H,1-2H2,(H,14,15,16). The molecule has 1 aromatic rings. The Hall–Kier alpha value is -2.16. The number of nitrogens with one attached hydrogen (secondary N) is 1. The van der Waals surface area contributed by atoms with Crippen LogP contribution in [-0.2, 0) is 9.59 Å². The second-order valence-corrected chi connectivity index (χ2v) is 3.68. The molecule has 0 unspecified atom stereocenters. The zero-order chi connectivity index (χ0) is 11.7. The number of carbonyl (C=O) groups excluding carboxylic acids is 2. The summed E-state index contributed by atoms with van der Waals surface area (Å²) in [5.41, 5.74) is 1.58. The Bertz CT molecular complexity index is 462. The second-order valence-electron chi connectivity index (χ2n) is 3.68. The van der Waals surface area contributed by atoms with Gasteiger partial charge in [-0.05, 0) is 5.56 Å². The summed E-state index contributed by atoms with van der Waals surface area (Å²) in [5, 5.41) is 2.20. The number of hydrogen-bond acceptors (Lipinski definition) is 2. The average Bonchev–Trinajstić information content (AvgIpc) is 2.28. The SMILES string of the molecule is C=C1C(=O)NC(=O)C(=C)C1c1ccccc1. The van der Waals surface area contributed by atoms with Crippen LogP contribution in [0.4, 0.5) is 0 Å². The van der Waals surface area contributed by atoms with E-state index in [-0.39, 0.29) is 0 Å². The summed E-state index contributed by atoms with van der Waals surface area (Å²) >= 11 is 0. The van der Waals surface area contributed by atoms with E-state index < -0.39 is 17.7 Å². The van der Waals surface area contributed by atoms with Crippen molar-refractivity contribution in [2.45, 2.75) is 5.92 Å². The summed E-state index contributed by atoms with van der Waals surface area (Å²) < 4.78 is 0. The zero-order valence-corrected chi connectivity index (χ0v) is 8.69. The Kier molecular flexibility index (Phi) is 2.44. The summed E-state index contributed by atoms with van der Waals surface area (Å²) in [5.74, 6) is -1.25. The van der Waals surface area contributed by atoms with Gasteiger partial charge in [-0.2, -0.15) is 0 Å². The predicted molar refractivity (Wildman–Crippen MR) is 60.6 cm³/mol. The molecule has 80 valence electrons. The van der Waals surface area contributed by atoms with Crippen molar-refractivity contribution < 1.29 is 9.59 Å². The van der Waals surface area contributed by atoms with Crippen LogP contribution in [0.15, 0.2) is 54.6 Å². The minimum Gasteiger partial charge on any atom is -0.289 e. The molecule has 0 aromatic heterocycles. The first-order chi connectivity index (χ1) is 7.61. The third-order valence-electron chi connectivity index (χ3n) is 2.64. The first-order valence-electron chi connectivity index (χ1n) is 4.89. The maximum absolute atomic E-state index is 11.5. The first kappa shape index (κ1) is 10.4. The van der Waals surface area contributed by atoms with Gasteiger partial charge >= 0.3 is 0 Å². The molecule has 3 heteroatoms. The van der Waals surface area contributed by atoms with E-state index in [2.05, 4.69) is 18.5 Å². The van der Waals surface area contributed by atoms with E-state index in [0.29, 0.717) is 11.1 Å². The minimum absolute atomic E-state index is 0.357. The molecule has 16 heavy (non-hydrogen) atoms. The molecule has 1 N–H and O–H groups in total. The van der Waals surface area contributed by atoms with Crippen LogP contribution in [0.5, 0.6) is 0 Å². The molecule has 1 heterocycles. The van der Waals surface area contributed by atoms with Crippen molar-refractivity contribution in [3.05, 3.63) is 60.2 Å². The smallest absolute Gasteiger partial charge is 0.254 e. The fourth-order valence-electron chi connectivity index (χ4n) is 1.78. The third kappa shape index (κ3) is 1.56. The molecule has 1 saturated heterocycles. The second kappa shape index (κ2) is 3.77. The molecule has 1 aliphatic rings. The number of rotatable bonds is 1. The number of imide groups is 1. The van der Waals surface area contributed by atoms with Crippen LogP contribution in [-0.4, -0.2) is 11.8 Å². The van der Waals surface area contributed by atoms with E-state index in [4.69, 9.17) is 0 Å².